The summed E-state index contributed by atoms with van der Waals surface area (Å²) in [4.78, 5) is 13.7. The van der Waals surface area contributed by atoms with Crippen molar-refractivity contribution in [3.05, 3.63) is 36.3 Å². The molecule has 0 spiro atoms. The van der Waals surface area contributed by atoms with Crippen LogP contribution in [0.5, 0.6) is 0 Å². The number of nitrogens with one attached hydrogen (secondary N) is 1. The lowest BCUT2D eigenvalue weighted by atomic mass is 10.1. The quantitative estimate of drug-likeness (QED) is 0.778. The van der Waals surface area contributed by atoms with E-state index in [1.807, 2.05) is 12.1 Å². The molecule has 0 radical (unpaired) electrons. The van der Waals surface area contributed by atoms with Crippen molar-refractivity contribution in [2.45, 2.75) is 18.9 Å². The first-order chi connectivity index (χ1) is 12.3. The molecule has 0 amide bonds. The van der Waals surface area contributed by atoms with Gasteiger partial charge in [-0.25, -0.2) is 14.4 Å². The van der Waals surface area contributed by atoms with E-state index < -0.39 is 0 Å². The number of rotatable bonds is 2. The van der Waals surface area contributed by atoms with E-state index in [4.69, 9.17) is 0 Å². The van der Waals surface area contributed by atoms with Gasteiger partial charge in [0.25, 0.3) is 0 Å². The molecule has 128 valence electrons. The van der Waals surface area contributed by atoms with Gasteiger partial charge in [0.15, 0.2) is 11.5 Å². The highest BCUT2D eigenvalue weighted by atomic mass is 19.1. The van der Waals surface area contributed by atoms with E-state index in [2.05, 4.69) is 30.0 Å². The highest BCUT2D eigenvalue weighted by molar-refractivity contribution is 5.89. The largest absolute Gasteiger partial charge is 0.354 e. The first-order valence-corrected chi connectivity index (χ1v) is 8.74. The maximum atomic E-state index is 14.5. The lowest BCUT2D eigenvalue weighted by molar-refractivity contribution is 0.230. The van der Waals surface area contributed by atoms with Crippen molar-refractivity contribution >= 4 is 16.9 Å². The van der Waals surface area contributed by atoms with Gasteiger partial charge >= 0.3 is 0 Å². The Balaban J connectivity index is 1.52. The van der Waals surface area contributed by atoms with Crippen molar-refractivity contribution in [3.63, 3.8) is 0 Å². The molecule has 2 fully saturated rings. The maximum absolute atomic E-state index is 14.5. The van der Waals surface area contributed by atoms with Gasteiger partial charge in [0.2, 0.25) is 0 Å². The van der Waals surface area contributed by atoms with Crippen LogP contribution in [-0.4, -0.2) is 57.3 Å². The minimum atomic E-state index is -0.361. The molecule has 0 aromatic carbocycles. The van der Waals surface area contributed by atoms with Crippen molar-refractivity contribution in [1.29, 1.82) is 0 Å². The highest BCUT2D eigenvalue weighted by Gasteiger charge is 2.31. The third-order valence-corrected chi connectivity index (χ3v) is 5.30. The predicted octanol–water partition coefficient (Wildman–Crippen LogP) is 2.44. The minimum absolute atomic E-state index is 0.283. The summed E-state index contributed by atoms with van der Waals surface area (Å²) < 4.78 is 14.5. The number of anilines is 1. The summed E-state index contributed by atoms with van der Waals surface area (Å²) in [5.74, 6) is 0.462. The number of fused-ring (bicyclic) bond motifs is 2. The van der Waals surface area contributed by atoms with Gasteiger partial charge < -0.3 is 4.90 Å². The molecule has 0 bridgehead atoms. The number of piperazine rings is 1. The van der Waals surface area contributed by atoms with Gasteiger partial charge in [-0.15, -0.1) is 0 Å². The fourth-order valence-electron chi connectivity index (χ4n) is 4.01. The number of nitrogens with zero attached hydrogens (tertiary/aromatic N) is 5. The second kappa shape index (κ2) is 5.77. The van der Waals surface area contributed by atoms with E-state index >= 15 is 0 Å². The summed E-state index contributed by atoms with van der Waals surface area (Å²) in [6.45, 7) is 4.14. The first kappa shape index (κ1) is 14.8. The Bertz CT molecular complexity index is 923. The monoisotopic (exact) mass is 338 g/mol. The molecule has 3 aromatic rings. The Labute approximate surface area is 144 Å². The summed E-state index contributed by atoms with van der Waals surface area (Å²) >= 11 is 0. The predicted molar refractivity (Wildman–Crippen MR) is 93.9 cm³/mol. The van der Waals surface area contributed by atoms with Crippen LogP contribution in [0, 0.1) is 5.82 Å². The first-order valence-electron chi connectivity index (χ1n) is 8.74. The molecule has 6 nitrogen and oxygen atoms in total. The SMILES string of the molecule is Fc1ccc(N2CCN3CCCC3C2)nc1-c1n[nH]c2ncccc12. The normalized spacial score (nSPS) is 21.0. The Morgan fingerprint density at radius 3 is 3.04 bits per heavy atom. The molecule has 0 saturated carbocycles. The van der Waals surface area contributed by atoms with Crippen molar-refractivity contribution < 1.29 is 4.39 Å². The van der Waals surface area contributed by atoms with Crippen LogP contribution in [0.25, 0.3) is 22.4 Å². The highest BCUT2D eigenvalue weighted by Crippen LogP contribution is 2.29. The van der Waals surface area contributed by atoms with Crippen LogP contribution < -0.4 is 4.90 Å². The molecular weight excluding hydrogens is 319 g/mol. The van der Waals surface area contributed by atoms with Crippen LogP contribution in [0.1, 0.15) is 12.8 Å². The van der Waals surface area contributed by atoms with Gasteiger partial charge in [0.05, 0.1) is 0 Å². The topological polar surface area (TPSA) is 60.9 Å². The van der Waals surface area contributed by atoms with Gasteiger partial charge in [-0.3, -0.25) is 10.00 Å². The molecular formula is C18H19FN6. The van der Waals surface area contributed by atoms with E-state index in [1.54, 1.807) is 12.3 Å². The average molecular weight is 338 g/mol. The Kier molecular flexibility index (Phi) is 3.41. The smallest absolute Gasteiger partial charge is 0.155 e. The summed E-state index contributed by atoms with van der Waals surface area (Å²) in [6.07, 6.45) is 4.19. The number of aromatic nitrogens is 4. The number of aromatic amines is 1. The van der Waals surface area contributed by atoms with Crippen LogP contribution in [0.4, 0.5) is 10.2 Å². The lowest BCUT2D eigenvalue weighted by Gasteiger charge is -2.38. The van der Waals surface area contributed by atoms with Gasteiger partial charge in [-0.05, 0) is 43.7 Å². The lowest BCUT2D eigenvalue weighted by Crippen LogP contribution is -2.50. The zero-order chi connectivity index (χ0) is 16.8. The van der Waals surface area contributed by atoms with Crippen molar-refractivity contribution in [2.75, 3.05) is 31.1 Å². The number of hydrogen-bond donors (Lipinski definition) is 1. The number of hydrogen-bond acceptors (Lipinski definition) is 5. The Hall–Kier alpha value is -2.54. The standard InChI is InChI=1S/C18H19FN6/c19-14-5-6-15(25-10-9-24-8-2-3-12(24)11-25)21-17(14)16-13-4-1-7-20-18(13)23-22-16/h1,4-7,12H,2-3,8-11H2,(H,20,22,23). The molecule has 7 heteroatoms. The molecule has 1 unspecified atom stereocenters. The molecule has 5 heterocycles. The summed E-state index contributed by atoms with van der Waals surface area (Å²) in [5, 5.41) is 7.89. The molecule has 1 N–H and O–H groups in total. The van der Waals surface area contributed by atoms with E-state index in [1.165, 1.54) is 25.5 Å². The van der Waals surface area contributed by atoms with Crippen molar-refractivity contribution in [1.82, 2.24) is 25.1 Å². The zero-order valence-electron chi connectivity index (χ0n) is 13.8. The minimum Gasteiger partial charge on any atom is -0.354 e. The van der Waals surface area contributed by atoms with Crippen molar-refractivity contribution in [3.8, 4) is 11.4 Å². The van der Waals surface area contributed by atoms with Gasteiger partial charge in [0.1, 0.15) is 17.2 Å². The molecule has 1 atom stereocenters. The van der Waals surface area contributed by atoms with Crippen LogP contribution in [0.3, 0.4) is 0 Å². The summed E-state index contributed by atoms with van der Waals surface area (Å²) in [7, 11) is 0. The van der Waals surface area contributed by atoms with E-state index in [0.717, 1.165) is 30.8 Å². The summed E-state index contributed by atoms with van der Waals surface area (Å²) in [5.41, 5.74) is 1.44. The van der Waals surface area contributed by atoms with Gasteiger partial charge in [-0.1, -0.05) is 0 Å². The second-order valence-corrected chi connectivity index (χ2v) is 6.75. The molecule has 25 heavy (non-hydrogen) atoms. The fourth-order valence-corrected chi connectivity index (χ4v) is 4.01. The average Bonchev–Trinajstić information content (AvgIpc) is 3.28. The number of H-pyrrole nitrogens is 1. The van der Waals surface area contributed by atoms with Crippen LogP contribution >= 0.6 is 0 Å². The molecule has 0 aliphatic carbocycles. The molecule has 2 aliphatic heterocycles. The summed E-state index contributed by atoms with van der Waals surface area (Å²) in [6, 6.07) is 7.57. The number of pyridine rings is 2. The van der Waals surface area contributed by atoms with E-state index in [-0.39, 0.29) is 11.5 Å². The molecule has 2 aliphatic rings. The van der Waals surface area contributed by atoms with Crippen molar-refractivity contribution in [2.24, 2.45) is 0 Å². The second-order valence-electron chi connectivity index (χ2n) is 6.75. The Morgan fingerprint density at radius 2 is 2.08 bits per heavy atom. The van der Waals surface area contributed by atoms with E-state index in [9.17, 15) is 4.39 Å². The fraction of sp³-hybridized carbons (Fsp3) is 0.389. The van der Waals surface area contributed by atoms with Crippen LogP contribution in [0.2, 0.25) is 0 Å². The molecule has 5 rings (SSSR count). The van der Waals surface area contributed by atoms with E-state index in [0.29, 0.717) is 17.4 Å². The van der Waals surface area contributed by atoms with Crippen LogP contribution in [0.15, 0.2) is 30.5 Å². The zero-order valence-corrected chi connectivity index (χ0v) is 13.8. The third-order valence-electron chi connectivity index (χ3n) is 5.30. The third kappa shape index (κ3) is 2.46. The maximum Gasteiger partial charge on any atom is 0.155 e. The molecule has 2 saturated heterocycles. The van der Waals surface area contributed by atoms with Gasteiger partial charge in [0, 0.05) is 37.3 Å². The Morgan fingerprint density at radius 1 is 1.12 bits per heavy atom. The molecule has 3 aromatic heterocycles. The number of halogens is 1. The van der Waals surface area contributed by atoms with Crippen LogP contribution in [-0.2, 0) is 0 Å². The van der Waals surface area contributed by atoms with Gasteiger partial charge in [-0.2, -0.15) is 5.10 Å².